The quantitative estimate of drug-likeness (QED) is 0.261. The summed E-state index contributed by atoms with van der Waals surface area (Å²) in [5, 5.41) is 5.00. The zero-order valence-electron chi connectivity index (χ0n) is 19.5. The summed E-state index contributed by atoms with van der Waals surface area (Å²) in [5.74, 6) is -1.65. The van der Waals surface area contributed by atoms with Gasteiger partial charge in [0.25, 0.3) is 11.8 Å². The Hall–Kier alpha value is -3.25. The van der Waals surface area contributed by atoms with E-state index >= 15 is 0 Å². The zero-order chi connectivity index (χ0) is 27.6. The van der Waals surface area contributed by atoms with Gasteiger partial charge in [-0.15, -0.1) is 0 Å². The van der Waals surface area contributed by atoms with Gasteiger partial charge in [-0.3, -0.25) is 9.59 Å². The van der Waals surface area contributed by atoms with Crippen LogP contribution < -0.4 is 16.4 Å². The number of benzene rings is 2. The number of hydrogen-bond acceptors (Lipinski definition) is 3. The van der Waals surface area contributed by atoms with Crippen molar-refractivity contribution in [3.05, 3.63) is 69.9 Å². The number of halogens is 7. The third-order valence-electron chi connectivity index (χ3n) is 6.62. The third kappa shape index (κ3) is 5.19. The molecular weight excluding hydrogens is 538 g/mol. The highest BCUT2D eigenvalue weighted by Gasteiger charge is 2.44. The number of fused-ring (bicyclic) bond motifs is 1. The highest BCUT2D eigenvalue weighted by Crippen LogP contribution is 2.42. The summed E-state index contributed by atoms with van der Waals surface area (Å²) in [6, 6.07) is 4.11. The Morgan fingerprint density at radius 2 is 1.71 bits per heavy atom. The second kappa shape index (κ2) is 8.91. The van der Waals surface area contributed by atoms with Crippen molar-refractivity contribution >= 4 is 34.3 Å². The second-order valence-corrected chi connectivity index (χ2v) is 10.1. The Kier molecular flexibility index (Phi) is 6.18. The van der Waals surface area contributed by atoms with Crippen LogP contribution >= 0.6 is 11.6 Å². The standard InChI is InChI=1S/C25H21ClF6N4O2/c26-17-11-18-13(9-16(17)21(37)35-23(33)6-7-23)10-19(36(18)15-4-5-15)22(38)34-20(25(30,31)32)12-2-1-3-14(8-12)24(27,28)29/h1-3,8-11,15,20H,4-7,33H2,(H,34,38)(H,35,37). The van der Waals surface area contributed by atoms with E-state index in [0.29, 0.717) is 48.7 Å². The highest BCUT2D eigenvalue weighted by molar-refractivity contribution is 6.34. The molecular formula is C25H21ClF6N4O2. The Morgan fingerprint density at radius 3 is 2.29 bits per heavy atom. The fourth-order valence-corrected chi connectivity index (χ4v) is 4.58. The molecule has 2 aromatic carbocycles. The van der Waals surface area contributed by atoms with Crippen molar-refractivity contribution < 1.29 is 35.9 Å². The van der Waals surface area contributed by atoms with Crippen LogP contribution in [-0.2, 0) is 6.18 Å². The molecule has 202 valence electrons. The number of carbonyl (C=O) groups is 2. The van der Waals surface area contributed by atoms with E-state index in [1.54, 1.807) is 4.57 Å². The van der Waals surface area contributed by atoms with Gasteiger partial charge in [-0.25, -0.2) is 0 Å². The summed E-state index contributed by atoms with van der Waals surface area (Å²) in [6.45, 7) is 0. The molecule has 1 atom stereocenters. The highest BCUT2D eigenvalue weighted by atomic mass is 35.5. The third-order valence-corrected chi connectivity index (χ3v) is 6.93. The molecule has 0 saturated heterocycles. The molecule has 13 heteroatoms. The van der Waals surface area contributed by atoms with Crippen molar-refractivity contribution in [1.82, 2.24) is 15.2 Å². The fraction of sp³-hybridized carbons (Fsp3) is 0.360. The van der Waals surface area contributed by atoms with Gasteiger partial charge >= 0.3 is 12.4 Å². The first kappa shape index (κ1) is 26.4. The van der Waals surface area contributed by atoms with Crippen molar-refractivity contribution in [2.24, 2.45) is 5.73 Å². The van der Waals surface area contributed by atoms with E-state index in [0.717, 1.165) is 12.1 Å². The van der Waals surface area contributed by atoms with Gasteiger partial charge in [0.2, 0.25) is 0 Å². The van der Waals surface area contributed by atoms with Gasteiger partial charge in [0, 0.05) is 11.4 Å². The van der Waals surface area contributed by atoms with Crippen LogP contribution in [0.2, 0.25) is 5.02 Å². The molecule has 2 saturated carbocycles. The van der Waals surface area contributed by atoms with Crippen LogP contribution in [0.25, 0.3) is 10.9 Å². The van der Waals surface area contributed by atoms with Crippen molar-refractivity contribution in [3.63, 3.8) is 0 Å². The lowest BCUT2D eigenvalue weighted by molar-refractivity contribution is -0.156. The fourth-order valence-electron chi connectivity index (χ4n) is 4.33. The second-order valence-electron chi connectivity index (χ2n) is 9.70. The normalized spacial score (nSPS) is 17.8. The Balaban J connectivity index is 1.51. The first-order valence-corrected chi connectivity index (χ1v) is 12.0. The van der Waals surface area contributed by atoms with Gasteiger partial charge in [0.1, 0.15) is 5.69 Å². The monoisotopic (exact) mass is 558 g/mol. The van der Waals surface area contributed by atoms with Crippen LogP contribution in [-0.4, -0.2) is 28.2 Å². The number of alkyl halides is 6. The van der Waals surface area contributed by atoms with Gasteiger partial charge in [-0.2, -0.15) is 26.3 Å². The smallest absolute Gasteiger partial charge is 0.335 e. The molecule has 4 N–H and O–H groups in total. The molecule has 0 spiro atoms. The van der Waals surface area contributed by atoms with Crippen molar-refractivity contribution in [3.8, 4) is 0 Å². The predicted octanol–water partition coefficient (Wildman–Crippen LogP) is 5.86. The van der Waals surface area contributed by atoms with E-state index in [1.165, 1.54) is 18.2 Å². The van der Waals surface area contributed by atoms with Crippen LogP contribution in [0.15, 0.2) is 42.5 Å². The van der Waals surface area contributed by atoms with Crippen molar-refractivity contribution in [1.29, 1.82) is 0 Å². The van der Waals surface area contributed by atoms with Gasteiger partial charge < -0.3 is 20.9 Å². The minimum absolute atomic E-state index is 0.0725. The predicted molar refractivity (Wildman–Crippen MR) is 127 cm³/mol. The zero-order valence-corrected chi connectivity index (χ0v) is 20.3. The molecule has 5 rings (SSSR count). The molecule has 0 aliphatic heterocycles. The molecule has 1 aromatic heterocycles. The summed E-state index contributed by atoms with van der Waals surface area (Å²) < 4.78 is 82.7. The molecule has 38 heavy (non-hydrogen) atoms. The van der Waals surface area contributed by atoms with Gasteiger partial charge in [0.15, 0.2) is 6.04 Å². The number of amides is 2. The summed E-state index contributed by atoms with van der Waals surface area (Å²) in [7, 11) is 0. The number of rotatable bonds is 6. The molecule has 2 aliphatic rings. The van der Waals surface area contributed by atoms with Crippen LogP contribution in [0, 0.1) is 0 Å². The molecule has 3 aromatic rings. The minimum Gasteiger partial charge on any atom is -0.335 e. The lowest BCUT2D eigenvalue weighted by Gasteiger charge is -2.23. The largest absolute Gasteiger partial charge is 0.416 e. The van der Waals surface area contributed by atoms with E-state index in [2.05, 4.69) is 5.32 Å². The van der Waals surface area contributed by atoms with Crippen molar-refractivity contribution in [2.75, 3.05) is 0 Å². The molecule has 2 amide bonds. The van der Waals surface area contributed by atoms with Gasteiger partial charge in [-0.05, 0) is 61.6 Å². The molecule has 1 heterocycles. The maximum atomic E-state index is 13.9. The molecule has 6 nitrogen and oxygen atoms in total. The number of nitrogens with zero attached hydrogens (tertiary/aromatic N) is 1. The van der Waals surface area contributed by atoms with Gasteiger partial charge in [-0.1, -0.05) is 23.7 Å². The van der Waals surface area contributed by atoms with Crippen LogP contribution in [0.5, 0.6) is 0 Å². The Morgan fingerprint density at radius 1 is 1.03 bits per heavy atom. The average Bonchev–Trinajstić information content (AvgIpc) is 3.75. The molecule has 0 bridgehead atoms. The maximum Gasteiger partial charge on any atom is 0.416 e. The Bertz CT molecular complexity index is 1440. The number of nitrogens with one attached hydrogen (secondary N) is 2. The van der Waals surface area contributed by atoms with E-state index in [1.807, 2.05) is 5.32 Å². The first-order chi connectivity index (χ1) is 17.7. The summed E-state index contributed by atoms with van der Waals surface area (Å²) >= 11 is 6.35. The summed E-state index contributed by atoms with van der Waals surface area (Å²) in [4.78, 5) is 25.9. The summed E-state index contributed by atoms with van der Waals surface area (Å²) in [6.07, 6.45) is -7.40. The number of carbonyl (C=O) groups excluding carboxylic acids is 2. The molecule has 2 fully saturated rings. The van der Waals surface area contributed by atoms with E-state index < -0.39 is 47.0 Å². The van der Waals surface area contributed by atoms with E-state index in [9.17, 15) is 35.9 Å². The van der Waals surface area contributed by atoms with E-state index in [4.69, 9.17) is 17.3 Å². The first-order valence-electron chi connectivity index (χ1n) is 11.7. The van der Waals surface area contributed by atoms with Crippen molar-refractivity contribution in [2.45, 2.75) is 55.8 Å². The van der Waals surface area contributed by atoms with Crippen LogP contribution in [0.4, 0.5) is 26.3 Å². The van der Waals surface area contributed by atoms with E-state index in [-0.39, 0.29) is 22.3 Å². The molecule has 1 unspecified atom stereocenters. The van der Waals surface area contributed by atoms with Crippen LogP contribution in [0.1, 0.15) is 69.7 Å². The molecule has 0 radical (unpaired) electrons. The van der Waals surface area contributed by atoms with Gasteiger partial charge in [0.05, 0.1) is 27.3 Å². The number of aromatic nitrogens is 1. The number of nitrogens with two attached hydrogens (primary N) is 1. The molecule has 2 aliphatic carbocycles. The average molecular weight is 559 g/mol. The maximum absolute atomic E-state index is 13.9. The lowest BCUT2D eigenvalue weighted by atomic mass is 10.0. The minimum atomic E-state index is -5.08. The summed E-state index contributed by atoms with van der Waals surface area (Å²) in [5.41, 5.74) is 3.51. The SMILES string of the molecule is NC1(NC(=O)c2cc3cc(C(=O)NC(c4cccc(C(F)(F)F)c4)C(F)(F)F)n(C4CC4)c3cc2Cl)CC1. The Labute approximate surface area is 217 Å². The number of hydrogen-bond donors (Lipinski definition) is 3. The lowest BCUT2D eigenvalue weighted by Crippen LogP contribution is -2.43. The van der Waals surface area contributed by atoms with Crippen LogP contribution in [0.3, 0.4) is 0 Å². The topological polar surface area (TPSA) is 89.2 Å².